The van der Waals surface area contributed by atoms with Crippen LogP contribution in [0.4, 0.5) is 0 Å². The zero-order valence-corrected chi connectivity index (χ0v) is 8.46. The number of hydrogen-bond donors (Lipinski definition) is 0. The number of ether oxygens (including phenoxy) is 2. The topological polar surface area (TPSA) is 18.5 Å². The lowest BCUT2D eigenvalue weighted by Gasteiger charge is -2.11. The lowest BCUT2D eigenvalue weighted by atomic mass is 10.2. The molecule has 0 N–H and O–H groups in total. The quantitative estimate of drug-likeness (QED) is 0.709. The van der Waals surface area contributed by atoms with E-state index >= 15 is 0 Å². The Hall–Kier alpha value is -1.18. The van der Waals surface area contributed by atoms with Crippen LogP contribution in [0.15, 0.2) is 18.2 Å². The van der Waals surface area contributed by atoms with Crippen LogP contribution >= 0.6 is 0 Å². The fourth-order valence-corrected chi connectivity index (χ4v) is 1.18. The maximum atomic E-state index is 5.58. The Kier molecular flexibility index (Phi) is 3.62. The highest BCUT2D eigenvalue weighted by Crippen LogP contribution is 2.30. The average Bonchev–Trinajstić information content (AvgIpc) is 2.15. The molecule has 2 nitrogen and oxygen atoms in total. The molecule has 0 amide bonds. The zero-order valence-electron chi connectivity index (χ0n) is 8.46. The predicted molar refractivity (Wildman–Crippen MR) is 53.5 cm³/mol. The van der Waals surface area contributed by atoms with Gasteiger partial charge in [-0.05, 0) is 25.0 Å². The third-order valence-corrected chi connectivity index (χ3v) is 1.85. The number of para-hydroxylation sites is 1. The molecule has 0 bridgehead atoms. The number of rotatable bonds is 4. The predicted octanol–water partition coefficient (Wildman–Crippen LogP) is 2.79. The first-order chi connectivity index (χ1) is 6.29. The van der Waals surface area contributed by atoms with Crippen LogP contribution in [-0.4, -0.2) is 13.7 Å². The number of benzene rings is 1. The molecule has 0 saturated carbocycles. The van der Waals surface area contributed by atoms with Crippen molar-refractivity contribution in [2.45, 2.75) is 20.3 Å². The van der Waals surface area contributed by atoms with Crippen LogP contribution in [0.3, 0.4) is 0 Å². The summed E-state index contributed by atoms with van der Waals surface area (Å²) in [5, 5.41) is 0. The second-order valence-corrected chi connectivity index (χ2v) is 2.95. The molecule has 0 aliphatic rings. The molecule has 13 heavy (non-hydrogen) atoms. The molecule has 1 aromatic carbocycles. The van der Waals surface area contributed by atoms with Gasteiger partial charge in [0, 0.05) is 0 Å². The smallest absolute Gasteiger partial charge is 0.164 e. The molecule has 1 aromatic rings. The van der Waals surface area contributed by atoms with Crippen LogP contribution in [0.1, 0.15) is 18.9 Å². The Labute approximate surface area is 79.5 Å². The molecular weight excluding hydrogens is 164 g/mol. The minimum Gasteiger partial charge on any atom is -0.493 e. The summed E-state index contributed by atoms with van der Waals surface area (Å²) in [5.41, 5.74) is 1.12. The third-order valence-electron chi connectivity index (χ3n) is 1.85. The number of aryl methyl sites for hydroxylation is 1. The van der Waals surface area contributed by atoms with Gasteiger partial charge in [0.15, 0.2) is 11.5 Å². The Bertz CT molecular complexity index is 269. The maximum absolute atomic E-state index is 5.58. The monoisotopic (exact) mass is 180 g/mol. The van der Waals surface area contributed by atoms with Gasteiger partial charge in [-0.1, -0.05) is 19.1 Å². The van der Waals surface area contributed by atoms with Gasteiger partial charge in [0.05, 0.1) is 13.7 Å². The molecule has 0 spiro atoms. The average molecular weight is 180 g/mol. The highest BCUT2D eigenvalue weighted by atomic mass is 16.5. The Morgan fingerprint density at radius 3 is 2.69 bits per heavy atom. The van der Waals surface area contributed by atoms with Crippen molar-refractivity contribution in [2.24, 2.45) is 0 Å². The van der Waals surface area contributed by atoms with Gasteiger partial charge < -0.3 is 9.47 Å². The summed E-state index contributed by atoms with van der Waals surface area (Å²) < 4.78 is 10.8. The molecule has 0 radical (unpaired) electrons. The molecule has 0 fully saturated rings. The van der Waals surface area contributed by atoms with Crippen LogP contribution < -0.4 is 9.47 Å². The van der Waals surface area contributed by atoms with Crippen LogP contribution in [0, 0.1) is 6.92 Å². The molecule has 0 heterocycles. The van der Waals surface area contributed by atoms with Gasteiger partial charge in [-0.3, -0.25) is 0 Å². The molecule has 0 aromatic heterocycles. The first kappa shape index (κ1) is 9.90. The van der Waals surface area contributed by atoms with E-state index in [1.54, 1.807) is 7.11 Å². The zero-order chi connectivity index (χ0) is 9.68. The summed E-state index contributed by atoms with van der Waals surface area (Å²) in [5.74, 6) is 1.68. The summed E-state index contributed by atoms with van der Waals surface area (Å²) in [6.07, 6.45) is 1.01. The van der Waals surface area contributed by atoms with Crippen LogP contribution in [-0.2, 0) is 0 Å². The van der Waals surface area contributed by atoms with Gasteiger partial charge in [0.2, 0.25) is 0 Å². The minimum absolute atomic E-state index is 0.737. The summed E-state index contributed by atoms with van der Waals surface area (Å²) in [4.78, 5) is 0. The van der Waals surface area contributed by atoms with Crippen molar-refractivity contribution in [2.75, 3.05) is 13.7 Å². The van der Waals surface area contributed by atoms with E-state index in [-0.39, 0.29) is 0 Å². The Morgan fingerprint density at radius 2 is 2.08 bits per heavy atom. The second-order valence-electron chi connectivity index (χ2n) is 2.95. The third kappa shape index (κ3) is 2.38. The van der Waals surface area contributed by atoms with Crippen molar-refractivity contribution >= 4 is 0 Å². The van der Waals surface area contributed by atoms with Crippen LogP contribution in [0.25, 0.3) is 0 Å². The number of hydrogen-bond acceptors (Lipinski definition) is 2. The van der Waals surface area contributed by atoms with Crippen molar-refractivity contribution in [3.63, 3.8) is 0 Å². The normalized spacial score (nSPS) is 9.77. The van der Waals surface area contributed by atoms with Crippen LogP contribution in [0.5, 0.6) is 11.5 Å². The highest BCUT2D eigenvalue weighted by Gasteiger charge is 2.05. The summed E-state index contributed by atoms with van der Waals surface area (Å²) in [6, 6.07) is 5.90. The molecular formula is C11H16O2. The first-order valence-corrected chi connectivity index (χ1v) is 4.56. The molecule has 0 aliphatic carbocycles. The molecule has 1 rings (SSSR count). The fourth-order valence-electron chi connectivity index (χ4n) is 1.18. The fraction of sp³-hybridized carbons (Fsp3) is 0.455. The minimum atomic E-state index is 0.737. The molecule has 0 atom stereocenters. The number of methoxy groups -OCH3 is 1. The van der Waals surface area contributed by atoms with Crippen molar-refractivity contribution in [1.82, 2.24) is 0 Å². The van der Waals surface area contributed by atoms with Crippen molar-refractivity contribution in [3.05, 3.63) is 23.8 Å². The van der Waals surface area contributed by atoms with E-state index in [2.05, 4.69) is 6.92 Å². The Balaban J connectivity index is 2.87. The van der Waals surface area contributed by atoms with E-state index in [0.29, 0.717) is 0 Å². The van der Waals surface area contributed by atoms with E-state index in [1.165, 1.54) is 0 Å². The van der Waals surface area contributed by atoms with Crippen molar-refractivity contribution in [3.8, 4) is 11.5 Å². The molecule has 2 heteroatoms. The first-order valence-electron chi connectivity index (χ1n) is 4.56. The van der Waals surface area contributed by atoms with Gasteiger partial charge in [-0.25, -0.2) is 0 Å². The van der Waals surface area contributed by atoms with Crippen molar-refractivity contribution in [1.29, 1.82) is 0 Å². The van der Waals surface area contributed by atoms with Gasteiger partial charge >= 0.3 is 0 Å². The van der Waals surface area contributed by atoms with Gasteiger partial charge in [0.1, 0.15) is 0 Å². The molecule has 72 valence electrons. The summed E-state index contributed by atoms with van der Waals surface area (Å²) >= 11 is 0. The second kappa shape index (κ2) is 4.75. The SMILES string of the molecule is CCCOc1c(C)cccc1OC. The van der Waals surface area contributed by atoms with Crippen LogP contribution in [0.2, 0.25) is 0 Å². The van der Waals surface area contributed by atoms with E-state index in [0.717, 1.165) is 30.1 Å². The highest BCUT2D eigenvalue weighted by molar-refractivity contribution is 5.45. The molecule has 0 aliphatic heterocycles. The summed E-state index contributed by atoms with van der Waals surface area (Å²) in [6.45, 7) is 4.85. The van der Waals surface area contributed by atoms with E-state index < -0.39 is 0 Å². The lowest BCUT2D eigenvalue weighted by Crippen LogP contribution is -1.99. The van der Waals surface area contributed by atoms with E-state index in [9.17, 15) is 0 Å². The molecule has 0 unspecified atom stereocenters. The van der Waals surface area contributed by atoms with E-state index in [4.69, 9.17) is 9.47 Å². The maximum Gasteiger partial charge on any atom is 0.164 e. The van der Waals surface area contributed by atoms with Gasteiger partial charge in [0.25, 0.3) is 0 Å². The van der Waals surface area contributed by atoms with Gasteiger partial charge in [-0.2, -0.15) is 0 Å². The summed E-state index contributed by atoms with van der Waals surface area (Å²) in [7, 11) is 1.66. The standard InChI is InChI=1S/C11H16O2/c1-4-8-13-11-9(2)6-5-7-10(11)12-3/h5-7H,4,8H2,1-3H3. The molecule has 0 saturated heterocycles. The van der Waals surface area contributed by atoms with E-state index in [1.807, 2.05) is 25.1 Å². The van der Waals surface area contributed by atoms with Gasteiger partial charge in [-0.15, -0.1) is 0 Å². The lowest BCUT2D eigenvalue weighted by molar-refractivity contribution is 0.292. The largest absolute Gasteiger partial charge is 0.493 e. The van der Waals surface area contributed by atoms with Crippen molar-refractivity contribution < 1.29 is 9.47 Å². The Morgan fingerprint density at radius 1 is 1.31 bits per heavy atom.